The van der Waals surface area contributed by atoms with Gasteiger partial charge >= 0.3 is 0 Å². The Morgan fingerprint density at radius 1 is 1.19 bits per heavy atom. The third-order valence-corrected chi connectivity index (χ3v) is 3.55. The lowest BCUT2D eigenvalue weighted by atomic mass is 10.1. The van der Waals surface area contributed by atoms with E-state index in [0.717, 1.165) is 6.42 Å². The van der Waals surface area contributed by atoms with E-state index in [0.29, 0.717) is 11.8 Å². The largest absolute Gasteiger partial charge is 0.508 e. The first-order valence-corrected chi connectivity index (χ1v) is 6.27. The molecule has 1 aromatic rings. The van der Waals surface area contributed by atoms with Gasteiger partial charge in [-0.15, -0.1) is 0 Å². The van der Waals surface area contributed by atoms with Gasteiger partial charge in [0.05, 0.1) is 0 Å². The van der Waals surface area contributed by atoms with Crippen LogP contribution in [0.4, 0.5) is 0 Å². The molecule has 2 heteroatoms. The van der Waals surface area contributed by atoms with E-state index in [1.165, 1.54) is 37.9 Å². The lowest BCUT2D eigenvalue weighted by Crippen LogP contribution is -2.30. The summed E-state index contributed by atoms with van der Waals surface area (Å²) in [6, 6.07) is 8.28. The van der Waals surface area contributed by atoms with Gasteiger partial charge in [-0.05, 0) is 63.4 Å². The molecular weight excluding hydrogens is 198 g/mol. The maximum Gasteiger partial charge on any atom is 0.115 e. The fraction of sp³-hybridized carbons (Fsp3) is 0.571. The summed E-state index contributed by atoms with van der Waals surface area (Å²) < 4.78 is 0. The van der Waals surface area contributed by atoms with E-state index >= 15 is 0 Å². The second kappa shape index (κ2) is 5.35. The Morgan fingerprint density at radius 2 is 1.81 bits per heavy atom. The van der Waals surface area contributed by atoms with Gasteiger partial charge in [-0.3, -0.25) is 0 Å². The predicted molar refractivity (Wildman–Crippen MR) is 66.7 cm³/mol. The molecule has 1 atom stereocenters. The Bertz CT molecular complexity index is 314. The number of benzene rings is 1. The van der Waals surface area contributed by atoms with Crippen LogP contribution in [0.25, 0.3) is 0 Å². The van der Waals surface area contributed by atoms with Crippen molar-refractivity contribution in [1.82, 2.24) is 4.90 Å². The lowest BCUT2D eigenvalue weighted by molar-refractivity contribution is 0.247. The molecule has 1 heterocycles. The summed E-state index contributed by atoms with van der Waals surface area (Å²) in [6.07, 6.45) is 5.05. The molecule has 0 radical (unpaired) electrons. The van der Waals surface area contributed by atoms with Crippen LogP contribution in [0.2, 0.25) is 0 Å². The molecule has 16 heavy (non-hydrogen) atoms. The quantitative estimate of drug-likeness (QED) is 0.841. The summed E-state index contributed by atoms with van der Waals surface area (Å²) in [5.74, 6) is 0.358. The third-order valence-electron chi connectivity index (χ3n) is 3.55. The third kappa shape index (κ3) is 2.99. The van der Waals surface area contributed by atoms with E-state index in [-0.39, 0.29) is 0 Å². The molecule has 0 aromatic heterocycles. The Kier molecular flexibility index (Phi) is 3.83. The number of likely N-dealkylation sites (tertiary alicyclic amines) is 1. The lowest BCUT2D eigenvalue weighted by Gasteiger charge is -2.23. The Balaban J connectivity index is 1.80. The minimum absolute atomic E-state index is 0.358. The van der Waals surface area contributed by atoms with Crippen molar-refractivity contribution in [3.8, 4) is 5.75 Å². The summed E-state index contributed by atoms with van der Waals surface area (Å²) in [5.41, 5.74) is 1.32. The van der Waals surface area contributed by atoms with Gasteiger partial charge in [0.25, 0.3) is 0 Å². The van der Waals surface area contributed by atoms with Gasteiger partial charge in [0.2, 0.25) is 0 Å². The Labute approximate surface area is 97.9 Å². The summed E-state index contributed by atoms with van der Waals surface area (Å²) >= 11 is 0. The molecule has 0 aliphatic carbocycles. The van der Waals surface area contributed by atoms with E-state index < -0.39 is 0 Å². The van der Waals surface area contributed by atoms with E-state index in [4.69, 9.17) is 0 Å². The van der Waals surface area contributed by atoms with Crippen LogP contribution in [-0.4, -0.2) is 29.1 Å². The minimum atomic E-state index is 0.358. The summed E-state index contributed by atoms with van der Waals surface area (Å²) in [5, 5.41) is 9.20. The molecule has 1 aliphatic heterocycles. The average molecular weight is 219 g/mol. The van der Waals surface area contributed by atoms with Crippen LogP contribution < -0.4 is 0 Å². The van der Waals surface area contributed by atoms with Crippen LogP contribution in [0.3, 0.4) is 0 Å². The summed E-state index contributed by atoms with van der Waals surface area (Å²) in [4.78, 5) is 2.58. The number of phenols is 1. The van der Waals surface area contributed by atoms with Gasteiger partial charge in [0.15, 0.2) is 0 Å². The first-order valence-electron chi connectivity index (χ1n) is 6.27. The molecule has 0 spiro atoms. The minimum Gasteiger partial charge on any atom is -0.508 e. The molecule has 0 bridgehead atoms. The topological polar surface area (TPSA) is 23.5 Å². The SMILES string of the molecule is CC(CCc1ccc(O)cc1)N1CCCC1. The summed E-state index contributed by atoms with van der Waals surface area (Å²) in [6.45, 7) is 4.87. The molecule has 2 rings (SSSR count). The van der Waals surface area contributed by atoms with Crippen molar-refractivity contribution < 1.29 is 5.11 Å². The molecule has 1 aliphatic rings. The maximum atomic E-state index is 9.20. The maximum absolute atomic E-state index is 9.20. The zero-order chi connectivity index (χ0) is 11.4. The van der Waals surface area contributed by atoms with Gasteiger partial charge < -0.3 is 10.0 Å². The number of nitrogens with zero attached hydrogens (tertiary/aromatic N) is 1. The van der Waals surface area contributed by atoms with Crippen molar-refractivity contribution in [2.24, 2.45) is 0 Å². The smallest absolute Gasteiger partial charge is 0.115 e. The molecule has 1 unspecified atom stereocenters. The molecule has 1 aromatic carbocycles. The van der Waals surface area contributed by atoms with Crippen LogP contribution >= 0.6 is 0 Å². The monoisotopic (exact) mass is 219 g/mol. The molecule has 1 N–H and O–H groups in total. The van der Waals surface area contributed by atoms with E-state index in [1.54, 1.807) is 12.1 Å². The Hall–Kier alpha value is -1.02. The molecule has 0 amide bonds. The number of hydrogen-bond acceptors (Lipinski definition) is 2. The van der Waals surface area contributed by atoms with Crippen molar-refractivity contribution in [1.29, 1.82) is 0 Å². The summed E-state index contributed by atoms with van der Waals surface area (Å²) in [7, 11) is 0. The van der Waals surface area contributed by atoms with Gasteiger partial charge in [-0.1, -0.05) is 12.1 Å². The average Bonchev–Trinajstić information content (AvgIpc) is 2.81. The highest BCUT2D eigenvalue weighted by Gasteiger charge is 2.17. The predicted octanol–water partition coefficient (Wildman–Crippen LogP) is 2.81. The fourth-order valence-electron chi connectivity index (χ4n) is 2.40. The zero-order valence-electron chi connectivity index (χ0n) is 10.0. The number of rotatable bonds is 4. The molecule has 88 valence electrons. The van der Waals surface area contributed by atoms with Crippen LogP contribution in [0.5, 0.6) is 5.75 Å². The van der Waals surface area contributed by atoms with Gasteiger partial charge in [0.1, 0.15) is 5.75 Å². The zero-order valence-corrected chi connectivity index (χ0v) is 10.0. The van der Waals surface area contributed by atoms with E-state index in [9.17, 15) is 5.11 Å². The number of phenolic OH excluding ortho intramolecular Hbond substituents is 1. The Morgan fingerprint density at radius 3 is 2.44 bits per heavy atom. The number of hydrogen-bond donors (Lipinski definition) is 1. The standard InChI is InChI=1S/C14H21NO/c1-12(15-10-2-3-11-15)4-5-13-6-8-14(16)9-7-13/h6-9,12,16H,2-5,10-11H2,1H3. The van der Waals surface area contributed by atoms with E-state index in [2.05, 4.69) is 11.8 Å². The normalized spacial score (nSPS) is 18.8. The van der Waals surface area contributed by atoms with Gasteiger partial charge in [-0.25, -0.2) is 0 Å². The first-order chi connectivity index (χ1) is 7.75. The first kappa shape index (κ1) is 11.5. The number of aryl methyl sites for hydroxylation is 1. The van der Waals surface area contributed by atoms with Crippen LogP contribution in [0, 0.1) is 0 Å². The van der Waals surface area contributed by atoms with Gasteiger partial charge in [0, 0.05) is 6.04 Å². The van der Waals surface area contributed by atoms with Gasteiger partial charge in [-0.2, -0.15) is 0 Å². The fourth-order valence-corrected chi connectivity index (χ4v) is 2.40. The highest BCUT2D eigenvalue weighted by molar-refractivity contribution is 5.25. The van der Waals surface area contributed by atoms with Crippen molar-refractivity contribution in [2.75, 3.05) is 13.1 Å². The van der Waals surface area contributed by atoms with Crippen molar-refractivity contribution in [3.05, 3.63) is 29.8 Å². The number of aromatic hydroxyl groups is 1. The van der Waals surface area contributed by atoms with Crippen molar-refractivity contribution in [3.63, 3.8) is 0 Å². The van der Waals surface area contributed by atoms with Crippen LogP contribution in [-0.2, 0) is 6.42 Å². The molecule has 1 fully saturated rings. The molecule has 2 nitrogen and oxygen atoms in total. The van der Waals surface area contributed by atoms with Crippen LogP contribution in [0.1, 0.15) is 31.7 Å². The van der Waals surface area contributed by atoms with Crippen molar-refractivity contribution in [2.45, 2.75) is 38.6 Å². The second-order valence-electron chi connectivity index (χ2n) is 4.80. The molecular formula is C14H21NO. The van der Waals surface area contributed by atoms with E-state index in [1.807, 2.05) is 12.1 Å². The highest BCUT2D eigenvalue weighted by Crippen LogP contribution is 2.17. The second-order valence-corrected chi connectivity index (χ2v) is 4.80. The van der Waals surface area contributed by atoms with Crippen LogP contribution in [0.15, 0.2) is 24.3 Å². The van der Waals surface area contributed by atoms with Crippen molar-refractivity contribution >= 4 is 0 Å². The molecule has 1 saturated heterocycles. The highest BCUT2D eigenvalue weighted by atomic mass is 16.3. The molecule has 0 saturated carbocycles.